The Morgan fingerprint density at radius 3 is 2.65 bits per heavy atom. The standard InChI is InChI=1S/C15H23NO4/c1-4-12(15(18)19)16-9-13(17)11-8-10(3)6-7-14(11)20-5-2/h6-8,12-13,16-17H,4-5,9H2,1-3H3,(H,18,19). The van der Waals surface area contributed by atoms with Crippen LogP contribution in [0.4, 0.5) is 0 Å². The molecule has 5 heteroatoms. The zero-order chi connectivity index (χ0) is 15.1. The average Bonchev–Trinajstić information content (AvgIpc) is 2.41. The molecule has 0 aromatic heterocycles. The lowest BCUT2D eigenvalue weighted by Gasteiger charge is -2.19. The molecule has 20 heavy (non-hydrogen) atoms. The first-order chi connectivity index (χ1) is 9.49. The van der Waals surface area contributed by atoms with E-state index in [1.807, 2.05) is 32.0 Å². The summed E-state index contributed by atoms with van der Waals surface area (Å²) in [6, 6.07) is 4.95. The molecule has 1 rings (SSSR count). The SMILES string of the molecule is CCOc1ccc(C)cc1C(O)CNC(CC)C(=O)O. The fourth-order valence-electron chi connectivity index (χ4n) is 1.99. The summed E-state index contributed by atoms with van der Waals surface area (Å²) in [7, 11) is 0. The molecule has 0 amide bonds. The van der Waals surface area contributed by atoms with Crippen molar-refractivity contribution in [2.24, 2.45) is 0 Å². The highest BCUT2D eigenvalue weighted by molar-refractivity contribution is 5.73. The molecule has 2 atom stereocenters. The van der Waals surface area contributed by atoms with Crippen molar-refractivity contribution < 1.29 is 19.7 Å². The molecule has 1 aromatic rings. The summed E-state index contributed by atoms with van der Waals surface area (Å²) in [6.07, 6.45) is -0.335. The molecule has 0 aliphatic heterocycles. The van der Waals surface area contributed by atoms with Gasteiger partial charge in [0.15, 0.2) is 0 Å². The number of hydrogen-bond donors (Lipinski definition) is 3. The Balaban J connectivity index is 2.78. The van der Waals surface area contributed by atoms with E-state index in [4.69, 9.17) is 9.84 Å². The van der Waals surface area contributed by atoms with Crippen LogP contribution in [-0.2, 0) is 4.79 Å². The number of nitrogens with one attached hydrogen (secondary N) is 1. The number of aliphatic hydroxyl groups is 1. The Morgan fingerprint density at radius 2 is 2.10 bits per heavy atom. The molecule has 3 N–H and O–H groups in total. The van der Waals surface area contributed by atoms with Gasteiger partial charge in [-0.05, 0) is 32.4 Å². The van der Waals surface area contributed by atoms with Crippen LogP contribution in [0.1, 0.15) is 37.5 Å². The number of aliphatic carboxylic acids is 1. The van der Waals surface area contributed by atoms with Crippen LogP contribution >= 0.6 is 0 Å². The Kier molecular flexibility index (Phi) is 6.48. The highest BCUT2D eigenvalue weighted by Gasteiger charge is 2.18. The Labute approximate surface area is 119 Å². The molecule has 0 saturated carbocycles. The van der Waals surface area contributed by atoms with Crippen LogP contribution in [0.5, 0.6) is 5.75 Å². The van der Waals surface area contributed by atoms with Crippen molar-refractivity contribution in [2.45, 2.75) is 39.3 Å². The molecule has 0 fully saturated rings. The van der Waals surface area contributed by atoms with E-state index >= 15 is 0 Å². The summed E-state index contributed by atoms with van der Waals surface area (Å²) in [5.41, 5.74) is 1.70. The lowest BCUT2D eigenvalue weighted by molar-refractivity contribution is -0.139. The van der Waals surface area contributed by atoms with Gasteiger partial charge in [-0.15, -0.1) is 0 Å². The number of aliphatic hydroxyl groups excluding tert-OH is 1. The Hall–Kier alpha value is -1.59. The third-order valence-corrected chi connectivity index (χ3v) is 3.09. The quantitative estimate of drug-likeness (QED) is 0.678. The second kappa shape index (κ2) is 7.87. The third-order valence-electron chi connectivity index (χ3n) is 3.09. The number of benzene rings is 1. The predicted molar refractivity (Wildman–Crippen MR) is 77.0 cm³/mol. The van der Waals surface area contributed by atoms with Gasteiger partial charge < -0.3 is 20.3 Å². The van der Waals surface area contributed by atoms with E-state index in [1.165, 1.54) is 0 Å². The Bertz CT molecular complexity index is 447. The first kappa shape index (κ1) is 16.5. The summed E-state index contributed by atoms with van der Waals surface area (Å²) in [6.45, 7) is 6.30. The van der Waals surface area contributed by atoms with Crippen molar-refractivity contribution in [3.8, 4) is 5.75 Å². The number of carboxylic acid groups (broad SMARTS) is 1. The fourth-order valence-corrected chi connectivity index (χ4v) is 1.99. The number of carbonyl (C=O) groups is 1. The normalized spacial score (nSPS) is 13.8. The van der Waals surface area contributed by atoms with E-state index in [0.717, 1.165) is 5.56 Å². The topological polar surface area (TPSA) is 78.8 Å². The monoisotopic (exact) mass is 281 g/mol. The summed E-state index contributed by atoms with van der Waals surface area (Å²) < 4.78 is 5.49. The maximum absolute atomic E-state index is 10.9. The van der Waals surface area contributed by atoms with Crippen molar-refractivity contribution >= 4 is 5.97 Å². The molecule has 0 saturated heterocycles. The van der Waals surface area contributed by atoms with Crippen LogP contribution in [-0.4, -0.2) is 35.4 Å². The summed E-state index contributed by atoms with van der Waals surface area (Å²) in [4.78, 5) is 10.9. The lowest BCUT2D eigenvalue weighted by Crippen LogP contribution is -2.38. The van der Waals surface area contributed by atoms with Gasteiger partial charge in [0.1, 0.15) is 11.8 Å². The van der Waals surface area contributed by atoms with E-state index in [-0.39, 0.29) is 6.54 Å². The zero-order valence-corrected chi connectivity index (χ0v) is 12.2. The molecular formula is C15H23NO4. The molecule has 2 unspecified atom stereocenters. The molecule has 5 nitrogen and oxygen atoms in total. The minimum atomic E-state index is -0.908. The molecule has 112 valence electrons. The second-order valence-corrected chi connectivity index (χ2v) is 4.70. The average molecular weight is 281 g/mol. The number of aryl methyl sites for hydroxylation is 1. The highest BCUT2D eigenvalue weighted by Crippen LogP contribution is 2.26. The van der Waals surface area contributed by atoms with Gasteiger partial charge >= 0.3 is 5.97 Å². The van der Waals surface area contributed by atoms with Gasteiger partial charge in [-0.3, -0.25) is 4.79 Å². The molecule has 0 bridgehead atoms. The number of ether oxygens (including phenoxy) is 1. The van der Waals surface area contributed by atoms with Gasteiger partial charge in [-0.25, -0.2) is 0 Å². The number of hydrogen-bond acceptors (Lipinski definition) is 4. The highest BCUT2D eigenvalue weighted by atomic mass is 16.5. The van der Waals surface area contributed by atoms with Crippen LogP contribution in [0.15, 0.2) is 18.2 Å². The van der Waals surface area contributed by atoms with E-state index in [0.29, 0.717) is 24.3 Å². The predicted octanol–water partition coefficient (Wildman–Crippen LogP) is 1.88. The fraction of sp³-hybridized carbons (Fsp3) is 0.533. The smallest absolute Gasteiger partial charge is 0.320 e. The maximum atomic E-state index is 10.9. The maximum Gasteiger partial charge on any atom is 0.320 e. The summed E-state index contributed by atoms with van der Waals surface area (Å²) >= 11 is 0. The minimum absolute atomic E-state index is 0.175. The largest absolute Gasteiger partial charge is 0.493 e. The van der Waals surface area contributed by atoms with Crippen molar-refractivity contribution in [3.63, 3.8) is 0 Å². The summed E-state index contributed by atoms with van der Waals surface area (Å²) in [5.74, 6) is -0.273. The van der Waals surface area contributed by atoms with E-state index < -0.39 is 18.1 Å². The van der Waals surface area contributed by atoms with E-state index in [2.05, 4.69) is 5.32 Å². The van der Waals surface area contributed by atoms with Crippen molar-refractivity contribution in [1.29, 1.82) is 0 Å². The zero-order valence-electron chi connectivity index (χ0n) is 12.2. The van der Waals surface area contributed by atoms with Gasteiger partial charge in [-0.2, -0.15) is 0 Å². The third kappa shape index (κ3) is 4.51. The van der Waals surface area contributed by atoms with Crippen LogP contribution in [0.2, 0.25) is 0 Å². The van der Waals surface area contributed by atoms with Gasteiger partial charge in [0, 0.05) is 12.1 Å². The van der Waals surface area contributed by atoms with E-state index in [1.54, 1.807) is 6.92 Å². The number of rotatable bonds is 8. The van der Waals surface area contributed by atoms with Crippen LogP contribution in [0, 0.1) is 6.92 Å². The van der Waals surface area contributed by atoms with E-state index in [9.17, 15) is 9.90 Å². The molecule has 0 aliphatic rings. The number of carboxylic acids is 1. The molecular weight excluding hydrogens is 258 g/mol. The molecule has 0 heterocycles. The van der Waals surface area contributed by atoms with Crippen molar-refractivity contribution in [2.75, 3.05) is 13.2 Å². The Morgan fingerprint density at radius 1 is 1.40 bits per heavy atom. The molecule has 0 radical (unpaired) electrons. The van der Waals surface area contributed by atoms with Crippen LogP contribution in [0.25, 0.3) is 0 Å². The second-order valence-electron chi connectivity index (χ2n) is 4.70. The first-order valence-corrected chi connectivity index (χ1v) is 6.87. The van der Waals surface area contributed by atoms with Crippen LogP contribution < -0.4 is 10.1 Å². The van der Waals surface area contributed by atoms with Gasteiger partial charge in [0.2, 0.25) is 0 Å². The summed E-state index contributed by atoms with van der Waals surface area (Å²) in [5, 5.41) is 22.1. The van der Waals surface area contributed by atoms with Crippen molar-refractivity contribution in [1.82, 2.24) is 5.32 Å². The molecule has 1 aromatic carbocycles. The van der Waals surface area contributed by atoms with Gasteiger partial charge in [-0.1, -0.05) is 18.6 Å². The molecule has 0 spiro atoms. The van der Waals surface area contributed by atoms with Crippen LogP contribution in [0.3, 0.4) is 0 Å². The van der Waals surface area contributed by atoms with Crippen molar-refractivity contribution in [3.05, 3.63) is 29.3 Å². The lowest BCUT2D eigenvalue weighted by atomic mass is 10.0. The first-order valence-electron chi connectivity index (χ1n) is 6.87. The van der Waals surface area contributed by atoms with Gasteiger partial charge in [0.05, 0.1) is 12.7 Å². The minimum Gasteiger partial charge on any atom is -0.493 e. The molecule has 0 aliphatic carbocycles. The van der Waals surface area contributed by atoms with Gasteiger partial charge in [0.25, 0.3) is 0 Å².